The number of nitrogens with zero attached hydrogens (tertiary/aromatic N) is 2. The average Bonchev–Trinajstić information content (AvgIpc) is 2.53. The highest BCUT2D eigenvalue weighted by Gasteiger charge is 2.05. The summed E-state index contributed by atoms with van der Waals surface area (Å²) < 4.78 is 6.21. The van der Waals surface area contributed by atoms with Crippen LogP contribution in [0.3, 0.4) is 0 Å². The minimum Gasteiger partial charge on any atom is -0.411 e. The lowest BCUT2D eigenvalue weighted by Gasteiger charge is -1.93. The Morgan fingerprint density at radius 3 is 2.23 bits per heavy atom. The van der Waals surface area contributed by atoms with Gasteiger partial charge < -0.3 is 4.42 Å². The van der Waals surface area contributed by atoms with Gasteiger partial charge in [0.2, 0.25) is 5.89 Å². The van der Waals surface area contributed by atoms with Crippen LogP contribution in [0.5, 0.6) is 0 Å². The van der Waals surface area contributed by atoms with Crippen LogP contribution in [0.2, 0.25) is 0 Å². The number of hydrogen-bond acceptors (Lipinski definition) is 3. The van der Waals surface area contributed by atoms with Gasteiger partial charge in [-0.15, -0.1) is 10.2 Å². The van der Waals surface area contributed by atoms with Crippen molar-refractivity contribution in [2.24, 2.45) is 0 Å². The fourth-order valence-corrected chi connectivity index (χ4v) is 1.41. The van der Waals surface area contributed by atoms with E-state index in [1.165, 1.54) is 0 Å². The van der Waals surface area contributed by atoms with Crippen molar-refractivity contribution in [3.8, 4) is 11.5 Å². The summed E-state index contributed by atoms with van der Waals surface area (Å²) in [6.45, 7) is 0. The van der Waals surface area contributed by atoms with Crippen LogP contribution in [0.25, 0.3) is 11.5 Å². The van der Waals surface area contributed by atoms with Crippen LogP contribution < -0.4 is 0 Å². The summed E-state index contributed by atoms with van der Waals surface area (Å²) in [7, 11) is 0. The highest BCUT2D eigenvalue weighted by Crippen LogP contribution is 2.21. The van der Waals surface area contributed by atoms with Gasteiger partial charge in [-0.25, -0.2) is 0 Å². The monoisotopic (exact) mass is 302 g/mol. The Bertz CT molecular complexity index is 410. The Morgan fingerprint density at radius 2 is 1.69 bits per heavy atom. The van der Waals surface area contributed by atoms with E-state index in [1.807, 2.05) is 24.3 Å². The van der Waals surface area contributed by atoms with Crippen molar-refractivity contribution in [3.05, 3.63) is 33.5 Å². The normalized spacial score (nSPS) is 10.3. The van der Waals surface area contributed by atoms with Gasteiger partial charge in [0.1, 0.15) is 0 Å². The molecule has 0 spiro atoms. The maximum absolute atomic E-state index is 5.19. The Balaban J connectivity index is 2.41. The summed E-state index contributed by atoms with van der Waals surface area (Å²) in [5.74, 6) is 0.513. The summed E-state index contributed by atoms with van der Waals surface area (Å²) in [6.07, 6.45) is 0. The van der Waals surface area contributed by atoms with Crippen LogP contribution in [-0.2, 0) is 0 Å². The molecule has 0 radical (unpaired) electrons. The van der Waals surface area contributed by atoms with Gasteiger partial charge >= 0.3 is 0 Å². The van der Waals surface area contributed by atoms with Gasteiger partial charge in [-0.2, -0.15) is 0 Å². The van der Waals surface area contributed by atoms with Crippen LogP contribution in [0.4, 0.5) is 0 Å². The lowest BCUT2D eigenvalue weighted by Crippen LogP contribution is -1.76. The smallest absolute Gasteiger partial charge is 0.285 e. The zero-order valence-corrected chi connectivity index (χ0v) is 9.54. The van der Waals surface area contributed by atoms with Crippen molar-refractivity contribution >= 4 is 31.9 Å². The molecule has 1 heterocycles. The third-order valence-corrected chi connectivity index (χ3v) is 2.34. The molecule has 5 heteroatoms. The van der Waals surface area contributed by atoms with E-state index in [0.717, 1.165) is 10.0 Å². The molecule has 0 fully saturated rings. The van der Waals surface area contributed by atoms with Crippen LogP contribution in [0.1, 0.15) is 0 Å². The molecule has 66 valence electrons. The largest absolute Gasteiger partial charge is 0.411 e. The van der Waals surface area contributed by atoms with Crippen LogP contribution in [-0.4, -0.2) is 10.2 Å². The fourth-order valence-electron chi connectivity index (χ4n) is 0.914. The lowest BCUT2D eigenvalue weighted by atomic mass is 10.2. The summed E-state index contributed by atoms with van der Waals surface area (Å²) in [4.78, 5) is 0.394. The van der Waals surface area contributed by atoms with Crippen molar-refractivity contribution in [2.45, 2.75) is 0 Å². The molecule has 3 nitrogen and oxygen atoms in total. The van der Waals surface area contributed by atoms with E-state index in [4.69, 9.17) is 4.42 Å². The third-order valence-electron chi connectivity index (χ3n) is 1.49. The molecule has 13 heavy (non-hydrogen) atoms. The molecular formula is C8H4Br2N2O. The summed E-state index contributed by atoms with van der Waals surface area (Å²) in [5.41, 5.74) is 0.904. The van der Waals surface area contributed by atoms with Crippen molar-refractivity contribution < 1.29 is 4.42 Å². The molecule has 0 bridgehead atoms. The molecular weight excluding hydrogens is 300 g/mol. The molecule has 0 saturated carbocycles. The average molecular weight is 304 g/mol. The zero-order valence-electron chi connectivity index (χ0n) is 6.37. The van der Waals surface area contributed by atoms with Gasteiger partial charge in [-0.05, 0) is 24.3 Å². The number of aromatic nitrogens is 2. The molecule has 0 aliphatic heterocycles. The van der Waals surface area contributed by atoms with Gasteiger partial charge in [0, 0.05) is 26.0 Å². The van der Waals surface area contributed by atoms with E-state index >= 15 is 0 Å². The first kappa shape index (κ1) is 8.90. The Hall–Kier alpha value is -0.680. The number of rotatable bonds is 1. The number of benzene rings is 1. The Morgan fingerprint density at radius 1 is 1.00 bits per heavy atom. The SMILES string of the molecule is Brc1ccc(-c2nnc(Br)o2)cc1. The standard InChI is InChI=1S/C8H4Br2N2O/c9-6-3-1-5(2-4-6)7-11-12-8(10)13-7/h1-4H. The minimum absolute atomic E-state index is 0.394. The molecule has 2 aromatic rings. The first-order valence-electron chi connectivity index (χ1n) is 3.50. The van der Waals surface area contributed by atoms with Crippen LogP contribution in [0, 0.1) is 0 Å². The van der Waals surface area contributed by atoms with Gasteiger partial charge in [0.15, 0.2) is 0 Å². The fraction of sp³-hybridized carbons (Fsp3) is 0. The molecule has 0 atom stereocenters. The molecule has 1 aromatic heterocycles. The first-order chi connectivity index (χ1) is 6.25. The van der Waals surface area contributed by atoms with Crippen molar-refractivity contribution in [1.82, 2.24) is 10.2 Å². The van der Waals surface area contributed by atoms with E-state index < -0.39 is 0 Å². The van der Waals surface area contributed by atoms with Crippen LogP contribution in [0.15, 0.2) is 38.0 Å². The van der Waals surface area contributed by atoms with E-state index in [-0.39, 0.29) is 0 Å². The second kappa shape index (κ2) is 3.59. The number of hydrogen-bond donors (Lipinski definition) is 0. The summed E-state index contributed by atoms with van der Waals surface area (Å²) >= 11 is 6.44. The number of halogens is 2. The molecule has 0 aliphatic carbocycles. The van der Waals surface area contributed by atoms with Gasteiger partial charge in [0.05, 0.1) is 0 Å². The Kier molecular flexibility index (Phi) is 2.46. The molecule has 0 aliphatic rings. The molecule has 1 aromatic carbocycles. The van der Waals surface area contributed by atoms with Gasteiger partial charge in [-0.3, -0.25) is 0 Å². The predicted molar refractivity (Wildman–Crippen MR) is 55.1 cm³/mol. The predicted octanol–water partition coefficient (Wildman–Crippen LogP) is 3.26. The Labute approximate surface area is 91.4 Å². The van der Waals surface area contributed by atoms with E-state index in [2.05, 4.69) is 42.1 Å². The second-order valence-electron chi connectivity index (χ2n) is 2.37. The quantitative estimate of drug-likeness (QED) is 0.811. The molecule has 0 N–H and O–H groups in total. The van der Waals surface area contributed by atoms with Crippen molar-refractivity contribution in [2.75, 3.05) is 0 Å². The highest BCUT2D eigenvalue weighted by molar-refractivity contribution is 9.10. The minimum atomic E-state index is 0.394. The van der Waals surface area contributed by atoms with Crippen molar-refractivity contribution in [3.63, 3.8) is 0 Å². The second-order valence-corrected chi connectivity index (χ2v) is 3.96. The highest BCUT2D eigenvalue weighted by atomic mass is 79.9. The zero-order chi connectivity index (χ0) is 9.26. The summed E-state index contributed by atoms with van der Waals surface area (Å²) in [6, 6.07) is 7.66. The third kappa shape index (κ3) is 1.97. The van der Waals surface area contributed by atoms with E-state index in [0.29, 0.717) is 10.7 Å². The maximum atomic E-state index is 5.19. The molecule has 0 amide bonds. The first-order valence-corrected chi connectivity index (χ1v) is 5.09. The van der Waals surface area contributed by atoms with Crippen LogP contribution >= 0.6 is 31.9 Å². The topological polar surface area (TPSA) is 38.9 Å². The molecule has 0 unspecified atom stereocenters. The summed E-state index contributed by atoms with van der Waals surface area (Å²) in [5, 5.41) is 7.54. The van der Waals surface area contributed by atoms with E-state index in [1.54, 1.807) is 0 Å². The van der Waals surface area contributed by atoms with Gasteiger partial charge in [-0.1, -0.05) is 15.9 Å². The lowest BCUT2D eigenvalue weighted by molar-refractivity contribution is 0.540. The van der Waals surface area contributed by atoms with E-state index in [9.17, 15) is 0 Å². The van der Waals surface area contributed by atoms with Crippen molar-refractivity contribution in [1.29, 1.82) is 0 Å². The maximum Gasteiger partial charge on any atom is 0.285 e. The van der Waals surface area contributed by atoms with Gasteiger partial charge in [0.25, 0.3) is 4.80 Å². The molecule has 0 saturated heterocycles. The molecule has 2 rings (SSSR count).